The zero-order valence-corrected chi connectivity index (χ0v) is 6.95. The molecule has 0 aromatic rings. The molecule has 1 atom stereocenters. The smallest absolute Gasteiger partial charge is 0.313 e. The van der Waals surface area contributed by atoms with Crippen molar-refractivity contribution in [2.24, 2.45) is 11.7 Å². The summed E-state index contributed by atoms with van der Waals surface area (Å²) in [5, 5.41) is 8.76. The summed E-state index contributed by atoms with van der Waals surface area (Å²) >= 11 is 0. The van der Waals surface area contributed by atoms with Crippen LogP contribution in [0.4, 0.5) is 0 Å². The van der Waals surface area contributed by atoms with Gasteiger partial charge in [-0.2, -0.15) is 0 Å². The highest BCUT2D eigenvalue weighted by Crippen LogP contribution is 2.27. The lowest BCUT2D eigenvalue weighted by Gasteiger charge is -2.27. The summed E-state index contributed by atoms with van der Waals surface area (Å²) in [7, 11) is 0. The maximum absolute atomic E-state index is 10.7. The zero-order chi connectivity index (χ0) is 9.19. The van der Waals surface area contributed by atoms with Crippen LogP contribution in [0.25, 0.3) is 0 Å². The van der Waals surface area contributed by atoms with Crippen molar-refractivity contribution >= 4 is 5.97 Å². The van der Waals surface area contributed by atoms with E-state index in [1.807, 2.05) is 0 Å². The molecule has 5 nitrogen and oxygen atoms in total. The van der Waals surface area contributed by atoms with Crippen LogP contribution in [0.2, 0.25) is 0 Å². The molecule has 0 amide bonds. The monoisotopic (exact) mass is 175 g/mol. The molecule has 0 radical (unpaired) electrons. The highest BCUT2D eigenvalue weighted by molar-refractivity contribution is 5.71. The Hall–Kier alpha value is -0.650. The Kier molecular flexibility index (Phi) is 2.66. The van der Waals surface area contributed by atoms with E-state index < -0.39 is 17.7 Å². The average Bonchev–Trinajstić information content (AvgIpc) is 2.37. The van der Waals surface area contributed by atoms with Crippen LogP contribution in [-0.4, -0.2) is 36.6 Å². The van der Waals surface area contributed by atoms with Gasteiger partial charge in [-0.25, -0.2) is 0 Å². The van der Waals surface area contributed by atoms with Crippen LogP contribution >= 0.6 is 0 Å². The third-order valence-electron chi connectivity index (χ3n) is 2.03. The molecule has 12 heavy (non-hydrogen) atoms. The molecule has 0 aromatic carbocycles. The molecular weight excluding hydrogens is 162 g/mol. The highest BCUT2D eigenvalue weighted by atomic mass is 16.7. The number of carbonyl (C=O) groups is 1. The molecule has 1 fully saturated rings. The second-order valence-electron chi connectivity index (χ2n) is 2.84. The fraction of sp³-hybridized carbons (Fsp3) is 0.857. The standard InChI is InChI=1S/C7H13NO4/c1-7(11-2-3-12-7)5(4-8)6(9)10/h5H,2-4,8H2,1H3,(H,9,10). The van der Waals surface area contributed by atoms with Crippen LogP contribution in [0, 0.1) is 5.92 Å². The normalized spacial score (nSPS) is 23.8. The van der Waals surface area contributed by atoms with Crippen LogP contribution in [-0.2, 0) is 14.3 Å². The van der Waals surface area contributed by atoms with Gasteiger partial charge in [-0.1, -0.05) is 0 Å². The van der Waals surface area contributed by atoms with Gasteiger partial charge < -0.3 is 20.3 Å². The van der Waals surface area contributed by atoms with Gasteiger partial charge in [-0.15, -0.1) is 0 Å². The summed E-state index contributed by atoms with van der Waals surface area (Å²) in [6, 6.07) is 0. The maximum atomic E-state index is 10.7. The summed E-state index contributed by atoms with van der Waals surface area (Å²) in [5.41, 5.74) is 5.30. The van der Waals surface area contributed by atoms with Gasteiger partial charge in [0.25, 0.3) is 0 Å². The van der Waals surface area contributed by atoms with Gasteiger partial charge >= 0.3 is 5.97 Å². The van der Waals surface area contributed by atoms with E-state index in [0.717, 1.165) is 0 Å². The number of rotatable bonds is 3. The molecule has 0 aromatic heterocycles. The van der Waals surface area contributed by atoms with Crippen LogP contribution < -0.4 is 5.73 Å². The van der Waals surface area contributed by atoms with Crippen LogP contribution in [0.15, 0.2) is 0 Å². The number of nitrogens with two attached hydrogens (primary N) is 1. The molecule has 1 rings (SSSR count). The van der Waals surface area contributed by atoms with Gasteiger partial charge in [0.05, 0.1) is 13.2 Å². The second-order valence-corrected chi connectivity index (χ2v) is 2.84. The molecule has 0 saturated carbocycles. The van der Waals surface area contributed by atoms with E-state index in [1.54, 1.807) is 6.92 Å². The summed E-state index contributed by atoms with van der Waals surface area (Å²) in [6.45, 7) is 2.48. The Morgan fingerprint density at radius 2 is 2.17 bits per heavy atom. The summed E-state index contributed by atoms with van der Waals surface area (Å²) < 4.78 is 10.3. The molecule has 1 unspecified atom stereocenters. The fourth-order valence-electron chi connectivity index (χ4n) is 1.27. The minimum absolute atomic E-state index is 0.0197. The maximum Gasteiger partial charge on any atom is 0.313 e. The minimum Gasteiger partial charge on any atom is -0.481 e. The lowest BCUT2D eigenvalue weighted by molar-refractivity contribution is -0.194. The number of ether oxygens (including phenoxy) is 2. The topological polar surface area (TPSA) is 81.8 Å². The second kappa shape index (κ2) is 3.38. The molecule has 1 heterocycles. The minimum atomic E-state index is -1.04. The lowest BCUT2D eigenvalue weighted by atomic mass is 10.0. The van der Waals surface area contributed by atoms with Crippen molar-refractivity contribution < 1.29 is 19.4 Å². The van der Waals surface area contributed by atoms with E-state index in [2.05, 4.69) is 0 Å². The van der Waals surface area contributed by atoms with Crippen molar-refractivity contribution in [3.8, 4) is 0 Å². The molecule has 5 heteroatoms. The number of carboxylic acids is 1. The van der Waals surface area contributed by atoms with Gasteiger partial charge in [0.2, 0.25) is 0 Å². The molecule has 70 valence electrons. The molecule has 0 spiro atoms. The Bertz CT molecular complexity index is 176. The Morgan fingerprint density at radius 3 is 2.50 bits per heavy atom. The van der Waals surface area contributed by atoms with E-state index in [0.29, 0.717) is 13.2 Å². The van der Waals surface area contributed by atoms with E-state index in [-0.39, 0.29) is 6.54 Å². The molecule has 0 aliphatic carbocycles. The van der Waals surface area contributed by atoms with E-state index in [9.17, 15) is 4.79 Å². The first-order valence-electron chi connectivity index (χ1n) is 3.81. The molecule has 1 saturated heterocycles. The van der Waals surface area contributed by atoms with E-state index in [1.165, 1.54) is 0 Å². The lowest BCUT2D eigenvalue weighted by Crippen LogP contribution is -2.44. The van der Waals surface area contributed by atoms with Crippen molar-refractivity contribution in [3.63, 3.8) is 0 Å². The predicted molar refractivity (Wildman–Crippen MR) is 40.5 cm³/mol. The van der Waals surface area contributed by atoms with Crippen LogP contribution in [0.5, 0.6) is 0 Å². The Morgan fingerprint density at radius 1 is 1.67 bits per heavy atom. The van der Waals surface area contributed by atoms with Crippen molar-refractivity contribution in [1.82, 2.24) is 0 Å². The molecule has 1 aliphatic heterocycles. The molecule has 0 bridgehead atoms. The SMILES string of the molecule is CC1(C(CN)C(=O)O)OCCO1. The molecule has 1 aliphatic rings. The third-order valence-corrected chi connectivity index (χ3v) is 2.03. The summed E-state index contributed by atoms with van der Waals surface area (Å²) in [4.78, 5) is 10.7. The van der Waals surface area contributed by atoms with Crippen molar-refractivity contribution in [2.45, 2.75) is 12.7 Å². The van der Waals surface area contributed by atoms with Crippen molar-refractivity contribution in [1.29, 1.82) is 0 Å². The van der Waals surface area contributed by atoms with Gasteiger partial charge in [-0.3, -0.25) is 4.79 Å². The van der Waals surface area contributed by atoms with Crippen LogP contribution in [0.1, 0.15) is 6.92 Å². The number of aliphatic carboxylic acids is 1. The third kappa shape index (κ3) is 1.57. The quantitative estimate of drug-likeness (QED) is 0.599. The van der Waals surface area contributed by atoms with Crippen molar-refractivity contribution in [3.05, 3.63) is 0 Å². The molecule has 3 N–H and O–H groups in total. The number of hydrogen-bond acceptors (Lipinski definition) is 4. The first-order valence-corrected chi connectivity index (χ1v) is 3.81. The summed E-state index contributed by atoms with van der Waals surface area (Å²) in [5.74, 6) is -2.82. The average molecular weight is 175 g/mol. The van der Waals surface area contributed by atoms with Gasteiger partial charge in [0.1, 0.15) is 5.92 Å². The van der Waals surface area contributed by atoms with Gasteiger partial charge in [0.15, 0.2) is 5.79 Å². The van der Waals surface area contributed by atoms with Gasteiger partial charge in [0, 0.05) is 6.54 Å². The zero-order valence-electron chi connectivity index (χ0n) is 6.95. The largest absolute Gasteiger partial charge is 0.481 e. The fourth-order valence-corrected chi connectivity index (χ4v) is 1.27. The van der Waals surface area contributed by atoms with Crippen molar-refractivity contribution in [2.75, 3.05) is 19.8 Å². The first-order chi connectivity index (χ1) is 5.60. The number of hydrogen-bond donors (Lipinski definition) is 2. The Balaban J connectivity index is 2.69. The Labute approximate surface area is 70.4 Å². The summed E-state index contributed by atoms with van der Waals surface area (Å²) in [6.07, 6.45) is 0. The first kappa shape index (κ1) is 9.44. The number of carboxylic acid groups (broad SMARTS) is 1. The van der Waals surface area contributed by atoms with Crippen LogP contribution in [0.3, 0.4) is 0 Å². The molecular formula is C7H13NO4. The predicted octanol–water partition coefficient (Wildman–Crippen LogP) is -0.591. The highest BCUT2D eigenvalue weighted by Gasteiger charge is 2.43. The van der Waals surface area contributed by atoms with Gasteiger partial charge in [-0.05, 0) is 6.92 Å². The van der Waals surface area contributed by atoms with E-state index in [4.69, 9.17) is 20.3 Å². The van der Waals surface area contributed by atoms with E-state index >= 15 is 0 Å².